The average Bonchev–Trinajstić information content (AvgIpc) is 2.46. The summed E-state index contributed by atoms with van der Waals surface area (Å²) in [6, 6.07) is 7.42. The Morgan fingerprint density at radius 2 is 2.00 bits per heavy atom. The predicted molar refractivity (Wildman–Crippen MR) is 70.0 cm³/mol. The second-order valence-corrected chi connectivity index (χ2v) is 3.84. The van der Waals surface area contributed by atoms with E-state index in [1.165, 1.54) is 12.4 Å². The monoisotopic (exact) mass is 259 g/mol. The summed E-state index contributed by atoms with van der Waals surface area (Å²) in [5.41, 5.74) is 0.908. The Morgan fingerprint density at radius 1 is 1.32 bits per heavy atom. The normalized spacial score (nSPS) is 10.0. The van der Waals surface area contributed by atoms with Crippen molar-refractivity contribution in [1.29, 1.82) is 0 Å². The van der Waals surface area contributed by atoms with Crippen molar-refractivity contribution < 1.29 is 14.6 Å². The van der Waals surface area contributed by atoms with E-state index in [1.807, 2.05) is 24.3 Å². The molecule has 0 aliphatic rings. The third kappa shape index (κ3) is 2.79. The lowest BCUT2D eigenvalue weighted by molar-refractivity contribution is 0.0696. The fourth-order valence-corrected chi connectivity index (χ4v) is 1.54. The fraction of sp³-hybridized carbons (Fsp3) is 0.154. The molecule has 6 nitrogen and oxygen atoms in total. The van der Waals surface area contributed by atoms with Crippen LogP contribution < -0.4 is 9.64 Å². The van der Waals surface area contributed by atoms with Crippen molar-refractivity contribution in [1.82, 2.24) is 9.97 Å². The third-order valence-electron chi connectivity index (χ3n) is 2.63. The molecular weight excluding hydrogens is 246 g/mol. The molecule has 0 saturated carbocycles. The standard InChI is InChI=1S/C13H13N3O3/c1-16(10-4-3-5-11(6-10)19-2)13-14-7-9(8-15-13)12(17)18/h3-8H,1-2H3,(H,17,18). The first-order chi connectivity index (χ1) is 9.11. The Morgan fingerprint density at radius 3 is 2.58 bits per heavy atom. The maximum Gasteiger partial charge on any atom is 0.338 e. The molecule has 0 aliphatic heterocycles. The number of hydrogen-bond acceptors (Lipinski definition) is 5. The van der Waals surface area contributed by atoms with Crippen LogP contribution in [0.1, 0.15) is 10.4 Å². The largest absolute Gasteiger partial charge is 0.497 e. The van der Waals surface area contributed by atoms with Crippen LogP contribution in [0, 0.1) is 0 Å². The number of methoxy groups -OCH3 is 1. The van der Waals surface area contributed by atoms with Gasteiger partial charge in [0.05, 0.1) is 12.7 Å². The van der Waals surface area contributed by atoms with Crippen LogP contribution in [-0.4, -0.2) is 35.2 Å². The first-order valence-electron chi connectivity index (χ1n) is 5.55. The van der Waals surface area contributed by atoms with Gasteiger partial charge in [0.1, 0.15) is 5.75 Å². The van der Waals surface area contributed by atoms with Gasteiger partial charge in [-0.05, 0) is 12.1 Å². The lowest BCUT2D eigenvalue weighted by atomic mass is 10.3. The molecule has 0 saturated heterocycles. The van der Waals surface area contributed by atoms with Gasteiger partial charge in [0, 0.05) is 31.2 Å². The Kier molecular flexibility index (Phi) is 3.61. The van der Waals surface area contributed by atoms with E-state index in [4.69, 9.17) is 9.84 Å². The fourth-order valence-electron chi connectivity index (χ4n) is 1.54. The lowest BCUT2D eigenvalue weighted by Gasteiger charge is -2.17. The minimum atomic E-state index is -1.05. The smallest absolute Gasteiger partial charge is 0.338 e. The molecule has 1 N–H and O–H groups in total. The SMILES string of the molecule is COc1cccc(N(C)c2ncc(C(=O)O)cn2)c1. The number of hydrogen-bond donors (Lipinski definition) is 1. The van der Waals surface area contributed by atoms with Gasteiger partial charge in [0.2, 0.25) is 5.95 Å². The number of carboxylic acid groups (broad SMARTS) is 1. The molecule has 2 aromatic rings. The van der Waals surface area contributed by atoms with E-state index in [-0.39, 0.29) is 5.56 Å². The van der Waals surface area contributed by atoms with Gasteiger partial charge in [-0.15, -0.1) is 0 Å². The predicted octanol–water partition coefficient (Wildman–Crippen LogP) is 1.95. The molecule has 6 heteroatoms. The summed E-state index contributed by atoms with van der Waals surface area (Å²) in [5.74, 6) is 0.0975. The summed E-state index contributed by atoms with van der Waals surface area (Å²) < 4.78 is 5.15. The van der Waals surface area contributed by atoms with Crippen LogP contribution in [-0.2, 0) is 0 Å². The van der Waals surface area contributed by atoms with E-state index in [1.54, 1.807) is 19.1 Å². The van der Waals surface area contributed by atoms with E-state index < -0.39 is 5.97 Å². The van der Waals surface area contributed by atoms with Crippen LogP contribution in [0.15, 0.2) is 36.7 Å². The molecular formula is C13H13N3O3. The summed E-state index contributed by atoms with van der Waals surface area (Å²) in [6.45, 7) is 0. The van der Waals surface area contributed by atoms with Crippen molar-refractivity contribution in [3.63, 3.8) is 0 Å². The zero-order chi connectivity index (χ0) is 13.8. The molecule has 0 fully saturated rings. The molecule has 98 valence electrons. The Hall–Kier alpha value is -2.63. The molecule has 0 aliphatic carbocycles. The maximum atomic E-state index is 10.7. The van der Waals surface area contributed by atoms with Gasteiger partial charge in [0.25, 0.3) is 0 Å². The number of nitrogens with zero attached hydrogens (tertiary/aromatic N) is 3. The van der Waals surface area contributed by atoms with E-state index in [0.29, 0.717) is 5.95 Å². The van der Waals surface area contributed by atoms with Crippen LogP contribution in [0.25, 0.3) is 0 Å². The molecule has 0 unspecified atom stereocenters. The zero-order valence-electron chi connectivity index (χ0n) is 10.6. The second-order valence-electron chi connectivity index (χ2n) is 3.84. The number of aromatic carboxylic acids is 1. The first-order valence-corrected chi connectivity index (χ1v) is 5.55. The van der Waals surface area contributed by atoms with Gasteiger partial charge in [0.15, 0.2) is 0 Å². The quantitative estimate of drug-likeness (QED) is 0.904. The van der Waals surface area contributed by atoms with E-state index in [2.05, 4.69) is 9.97 Å². The highest BCUT2D eigenvalue weighted by molar-refractivity contribution is 5.86. The Bertz CT molecular complexity index is 584. The minimum absolute atomic E-state index is 0.0581. The minimum Gasteiger partial charge on any atom is -0.497 e. The van der Waals surface area contributed by atoms with Gasteiger partial charge in [-0.25, -0.2) is 14.8 Å². The third-order valence-corrected chi connectivity index (χ3v) is 2.63. The van der Waals surface area contributed by atoms with Crippen LogP contribution >= 0.6 is 0 Å². The highest BCUT2D eigenvalue weighted by atomic mass is 16.5. The van der Waals surface area contributed by atoms with Crippen LogP contribution in [0.5, 0.6) is 5.75 Å². The van der Waals surface area contributed by atoms with Crippen molar-refractivity contribution in [2.24, 2.45) is 0 Å². The Balaban J connectivity index is 2.27. The average molecular weight is 259 g/mol. The number of aromatic nitrogens is 2. The number of benzene rings is 1. The maximum absolute atomic E-state index is 10.7. The lowest BCUT2D eigenvalue weighted by Crippen LogP contribution is -2.13. The van der Waals surface area contributed by atoms with E-state index in [0.717, 1.165) is 11.4 Å². The number of carboxylic acids is 1. The molecule has 0 atom stereocenters. The van der Waals surface area contributed by atoms with Gasteiger partial charge in [-0.2, -0.15) is 0 Å². The van der Waals surface area contributed by atoms with Crippen molar-refractivity contribution >= 4 is 17.6 Å². The van der Waals surface area contributed by atoms with Crippen LogP contribution in [0.2, 0.25) is 0 Å². The summed E-state index contributed by atoms with van der Waals surface area (Å²) in [4.78, 5) is 20.5. The Labute approximate surface area is 110 Å². The molecule has 2 rings (SSSR count). The van der Waals surface area contributed by atoms with Gasteiger partial charge < -0.3 is 14.7 Å². The summed E-state index contributed by atoms with van der Waals surface area (Å²) >= 11 is 0. The molecule has 1 heterocycles. The van der Waals surface area contributed by atoms with Crippen molar-refractivity contribution in [2.45, 2.75) is 0 Å². The van der Waals surface area contributed by atoms with E-state index >= 15 is 0 Å². The first kappa shape index (κ1) is 12.8. The summed E-state index contributed by atoms with van der Waals surface area (Å²) in [5, 5.41) is 8.79. The van der Waals surface area contributed by atoms with Crippen LogP contribution in [0.4, 0.5) is 11.6 Å². The molecule has 0 bridgehead atoms. The molecule has 0 spiro atoms. The molecule has 0 amide bonds. The number of rotatable bonds is 4. The van der Waals surface area contributed by atoms with Crippen molar-refractivity contribution in [2.75, 3.05) is 19.1 Å². The number of carbonyl (C=O) groups is 1. The highest BCUT2D eigenvalue weighted by Gasteiger charge is 2.09. The molecule has 1 aromatic carbocycles. The van der Waals surface area contributed by atoms with Crippen LogP contribution in [0.3, 0.4) is 0 Å². The topological polar surface area (TPSA) is 75.5 Å². The number of anilines is 2. The van der Waals surface area contributed by atoms with Crippen molar-refractivity contribution in [3.05, 3.63) is 42.2 Å². The molecule has 1 aromatic heterocycles. The molecule has 19 heavy (non-hydrogen) atoms. The summed E-state index contributed by atoms with van der Waals surface area (Å²) in [7, 11) is 3.39. The number of ether oxygens (including phenoxy) is 1. The van der Waals surface area contributed by atoms with E-state index in [9.17, 15) is 4.79 Å². The molecule has 0 radical (unpaired) electrons. The van der Waals surface area contributed by atoms with Crippen molar-refractivity contribution in [3.8, 4) is 5.75 Å². The summed E-state index contributed by atoms with van der Waals surface area (Å²) in [6.07, 6.45) is 2.56. The van der Waals surface area contributed by atoms with Gasteiger partial charge in [-0.1, -0.05) is 6.07 Å². The second kappa shape index (κ2) is 5.34. The van der Waals surface area contributed by atoms with Gasteiger partial charge >= 0.3 is 5.97 Å². The zero-order valence-corrected chi connectivity index (χ0v) is 10.6. The van der Waals surface area contributed by atoms with Gasteiger partial charge in [-0.3, -0.25) is 0 Å². The highest BCUT2D eigenvalue weighted by Crippen LogP contribution is 2.24.